The van der Waals surface area contributed by atoms with Gasteiger partial charge < -0.3 is 10.1 Å². The van der Waals surface area contributed by atoms with E-state index in [0.29, 0.717) is 17.1 Å². The van der Waals surface area contributed by atoms with E-state index in [1.165, 1.54) is 0 Å². The van der Waals surface area contributed by atoms with Gasteiger partial charge in [-0.15, -0.1) is 12.1 Å². The molecule has 2 aromatic heterocycles. The van der Waals surface area contributed by atoms with Gasteiger partial charge in [-0.3, -0.25) is 8.78 Å². The number of rotatable bonds is 4. The fraction of sp³-hybridized carbons (Fsp3) is 0.393. The Balaban J connectivity index is 0.00000432. The van der Waals surface area contributed by atoms with Gasteiger partial charge in [-0.05, 0) is 59.7 Å². The van der Waals surface area contributed by atoms with Crippen molar-refractivity contribution in [2.24, 2.45) is 0 Å². The molecule has 0 unspecified atom stereocenters. The number of carboxylic acids is 1. The van der Waals surface area contributed by atoms with Crippen LogP contribution in [-0.4, -0.2) is 21.0 Å². The zero-order valence-electron chi connectivity index (χ0n) is 21.3. The molecule has 3 rings (SSSR count). The van der Waals surface area contributed by atoms with E-state index in [2.05, 4.69) is 11.1 Å². The SMILES string of the molecule is CC(C)(C)c1cc(C(=O)O)nc(C(C)(C)c2cc(C(C)(C)C)cc(-c3[c-]cc(F)cc3F)n2)c1.[Pt]. The fourth-order valence-corrected chi connectivity index (χ4v) is 3.58. The molecule has 0 aliphatic rings. The minimum Gasteiger partial charge on any atom is -0.477 e. The summed E-state index contributed by atoms with van der Waals surface area (Å²) >= 11 is 0. The van der Waals surface area contributed by atoms with E-state index < -0.39 is 23.0 Å². The largest absolute Gasteiger partial charge is 0.477 e. The van der Waals surface area contributed by atoms with E-state index in [-0.39, 0.29) is 43.2 Å². The third-order valence-corrected chi connectivity index (χ3v) is 6.00. The minimum absolute atomic E-state index is 0. The van der Waals surface area contributed by atoms with Crippen LogP contribution in [0.3, 0.4) is 0 Å². The quantitative estimate of drug-likeness (QED) is 0.312. The summed E-state index contributed by atoms with van der Waals surface area (Å²) in [5.74, 6) is -2.57. The number of carbonyl (C=O) groups is 1. The second kappa shape index (κ2) is 9.89. The molecule has 7 heteroatoms. The van der Waals surface area contributed by atoms with Crippen molar-refractivity contribution in [3.05, 3.63) is 82.3 Å². The second-order valence-electron chi connectivity index (χ2n) is 11.2. The predicted octanol–water partition coefficient (Wildman–Crippen LogP) is 6.84. The summed E-state index contributed by atoms with van der Waals surface area (Å²) in [5, 5.41) is 9.68. The molecule has 1 N–H and O–H groups in total. The third kappa shape index (κ3) is 6.22. The van der Waals surface area contributed by atoms with Crippen LogP contribution in [0.15, 0.2) is 36.4 Å². The van der Waals surface area contributed by atoms with Crippen LogP contribution < -0.4 is 0 Å². The fourth-order valence-electron chi connectivity index (χ4n) is 3.58. The number of aromatic nitrogens is 2. The molecule has 0 atom stereocenters. The van der Waals surface area contributed by atoms with E-state index in [1.54, 1.807) is 12.1 Å². The maximum Gasteiger partial charge on any atom is 0.354 e. The van der Waals surface area contributed by atoms with Crippen LogP contribution in [0.25, 0.3) is 11.3 Å². The van der Waals surface area contributed by atoms with Crippen molar-refractivity contribution in [3.63, 3.8) is 0 Å². The summed E-state index contributed by atoms with van der Waals surface area (Å²) in [6.45, 7) is 16.0. The molecule has 3 aromatic rings. The molecule has 0 bridgehead atoms. The van der Waals surface area contributed by atoms with Crippen molar-refractivity contribution in [2.75, 3.05) is 0 Å². The van der Waals surface area contributed by atoms with E-state index in [1.807, 2.05) is 67.5 Å². The molecule has 0 amide bonds. The smallest absolute Gasteiger partial charge is 0.354 e. The molecule has 1 aromatic carbocycles. The van der Waals surface area contributed by atoms with E-state index in [0.717, 1.165) is 23.3 Å². The van der Waals surface area contributed by atoms with Gasteiger partial charge in [0.15, 0.2) is 0 Å². The van der Waals surface area contributed by atoms with E-state index in [4.69, 9.17) is 4.98 Å². The van der Waals surface area contributed by atoms with Crippen molar-refractivity contribution in [1.82, 2.24) is 9.97 Å². The number of pyridine rings is 2. The molecular formula is C28H31F2N2O2Pt-. The Kier molecular flexibility index (Phi) is 8.13. The Bertz CT molecular complexity index is 1260. The maximum atomic E-state index is 14.7. The zero-order valence-corrected chi connectivity index (χ0v) is 23.6. The number of hydrogen-bond acceptors (Lipinski definition) is 3. The normalized spacial score (nSPS) is 12.3. The van der Waals surface area contributed by atoms with E-state index in [9.17, 15) is 18.7 Å². The van der Waals surface area contributed by atoms with Gasteiger partial charge in [-0.2, -0.15) is 0 Å². The predicted molar refractivity (Wildman–Crippen MR) is 129 cm³/mol. The first kappa shape index (κ1) is 28.8. The first-order chi connectivity index (χ1) is 15.5. The van der Waals surface area contributed by atoms with Crippen LogP contribution in [0.4, 0.5) is 8.78 Å². The molecule has 35 heavy (non-hydrogen) atoms. The first-order valence-electron chi connectivity index (χ1n) is 11.2. The number of halogens is 2. The maximum absolute atomic E-state index is 14.7. The van der Waals surface area contributed by atoms with Gasteiger partial charge in [0.2, 0.25) is 0 Å². The molecule has 190 valence electrons. The molecule has 0 radical (unpaired) electrons. The Morgan fingerprint density at radius 3 is 1.83 bits per heavy atom. The Morgan fingerprint density at radius 2 is 1.34 bits per heavy atom. The number of nitrogens with zero attached hydrogens (tertiary/aromatic N) is 2. The third-order valence-electron chi connectivity index (χ3n) is 6.00. The van der Waals surface area contributed by atoms with Crippen LogP contribution in [0.1, 0.15) is 88.4 Å². The number of aromatic carboxylic acids is 1. The summed E-state index contributed by atoms with van der Waals surface area (Å²) in [6, 6.07) is 11.8. The van der Waals surface area contributed by atoms with Crippen LogP contribution >= 0.6 is 0 Å². The molecule has 0 aliphatic heterocycles. The van der Waals surface area contributed by atoms with Gasteiger partial charge in [-0.25, -0.2) is 9.78 Å². The Morgan fingerprint density at radius 1 is 0.829 bits per heavy atom. The van der Waals surface area contributed by atoms with Gasteiger partial charge >= 0.3 is 5.97 Å². The summed E-state index contributed by atoms with van der Waals surface area (Å²) in [4.78, 5) is 21.0. The summed E-state index contributed by atoms with van der Waals surface area (Å²) in [7, 11) is 0. The monoisotopic (exact) mass is 660 g/mol. The average Bonchev–Trinajstić information content (AvgIpc) is 2.71. The summed E-state index contributed by atoms with van der Waals surface area (Å²) in [6.07, 6.45) is 0. The van der Waals surface area contributed by atoms with Gasteiger partial charge in [0.25, 0.3) is 0 Å². The number of benzene rings is 1. The number of carboxylic acid groups (broad SMARTS) is 1. The molecule has 0 aliphatic carbocycles. The van der Waals surface area contributed by atoms with Gasteiger partial charge in [-0.1, -0.05) is 59.2 Å². The van der Waals surface area contributed by atoms with Gasteiger partial charge in [0.05, 0.1) is 5.69 Å². The van der Waals surface area contributed by atoms with E-state index >= 15 is 0 Å². The van der Waals surface area contributed by atoms with Crippen LogP contribution in [0, 0.1) is 17.7 Å². The minimum atomic E-state index is -1.11. The summed E-state index contributed by atoms with van der Waals surface area (Å²) < 4.78 is 28.2. The van der Waals surface area contributed by atoms with Crippen molar-refractivity contribution >= 4 is 5.97 Å². The molecule has 0 saturated heterocycles. The zero-order chi connectivity index (χ0) is 25.6. The first-order valence-corrected chi connectivity index (χ1v) is 11.2. The average molecular weight is 661 g/mol. The van der Waals surface area contributed by atoms with Crippen molar-refractivity contribution < 1.29 is 39.7 Å². The van der Waals surface area contributed by atoms with Crippen LogP contribution in [0.5, 0.6) is 0 Å². The van der Waals surface area contributed by atoms with Crippen molar-refractivity contribution in [3.8, 4) is 11.3 Å². The summed E-state index contributed by atoms with van der Waals surface area (Å²) in [5.41, 5.74) is 1.87. The molecule has 2 heterocycles. The van der Waals surface area contributed by atoms with Crippen molar-refractivity contribution in [2.45, 2.75) is 71.6 Å². The van der Waals surface area contributed by atoms with Gasteiger partial charge in [0.1, 0.15) is 5.69 Å². The topological polar surface area (TPSA) is 63.1 Å². The van der Waals surface area contributed by atoms with Crippen LogP contribution in [-0.2, 0) is 37.3 Å². The number of hydrogen-bond donors (Lipinski definition) is 1. The van der Waals surface area contributed by atoms with Gasteiger partial charge in [0, 0.05) is 43.8 Å². The van der Waals surface area contributed by atoms with Crippen LogP contribution in [0.2, 0.25) is 0 Å². The Hall–Kier alpha value is -2.46. The molecule has 0 spiro atoms. The molecule has 4 nitrogen and oxygen atoms in total. The molecule has 0 saturated carbocycles. The standard InChI is InChI=1S/C28H31F2N2O2.Pt/c1-26(2,3)16-11-21(19-10-9-18(29)15-20(19)30)31-23(13-16)28(7,8)24-14-17(27(4,5)6)12-22(32-24)25(33)34;/h9,11-15H,1-8H3,(H,33,34);/q-1;. The molecule has 0 fully saturated rings. The second-order valence-corrected chi connectivity index (χ2v) is 11.2. The Labute approximate surface area is 220 Å². The molecular weight excluding hydrogens is 629 g/mol. The van der Waals surface area contributed by atoms with Crippen molar-refractivity contribution in [1.29, 1.82) is 0 Å².